The fourth-order valence-corrected chi connectivity index (χ4v) is 4.24. The van der Waals surface area contributed by atoms with E-state index >= 15 is 0 Å². The predicted molar refractivity (Wildman–Crippen MR) is 110 cm³/mol. The highest BCUT2D eigenvalue weighted by Crippen LogP contribution is 2.40. The molecule has 0 spiro atoms. The number of pyridine rings is 1. The van der Waals surface area contributed by atoms with Crippen LogP contribution in [0.25, 0.3) is 10.2 Å². The zero-order chi connectivity index (χ0) is 23.8. The van der Waals surface area contributed by atoms with Crippen LogP contribution in [0.4, 0.5) is 22.4 Å². The van der Waals surface area contributed by atoms with Gasteiger partial charge in [0, 0.05) is 31.5 Å². The van der Waals surface area contributed by atoms with Gasteiger partial charge in [-0.2, -0.15) is 13.2 Å². The summed E-state index contributed by atoms with van der Waals surface area (Å²) in [6, 6.07) is 0.708. The summed E-state index contributed by atoms with van der Waals surface area (Å²) in [7, 11) is 1.35. The van der Waals surface area contributed by atoms with E-state index < -0.39 is 47.5 Å². The number of nitrogens with one attached hydrogen (secondary N) is 1. The second kappa shape index (κ2) is 8.72. The third-order valence-corrected chi connectivity index (χ3v) is 5.68. The number of carbonyl (C=O) groups is 2. The van der Waals surface area contributed by atoms with Gasteiger partial charge in [0.15, 0.2) is 6.17 Å². The average molecular weight is 477 g/mol. The molecule has 0 aliphatic carbocycles. The molecular formula is C20H23F4N3O4S. The lowest BCUT2D eigenvalue weighted by Crippen LogP contribution is -2.50. The van der Waals surface area contributed by atoms with Crippen LogP contribution < -0.4 is 10.1 Å². The molecule has 3 heterocycles. The molecule has 2 aromatic rings. The van der Waals surface area contributed by atoms with Gasteiger partial charge in [-0.1, -0.05) is 0 Å². The minimum atomic E-state index is -4.72. The lowest BCUT2D eigenvalue weighted by Gasteiger charge is -2.35. The third-order valence-electron chi connectivity index (χ3n) is 4.68. The Morgan fingerprint density at radius 3 is 2.53 bits per heavy atom. The van der Waals surface area contributed by atoms with Crippen molar-refractivity contribution >= 4 is 33.6 Å². The Balaban J connectivity index is 1.84. The normalized spacial score (nSPS) is 19.7. The molecule has 2 amide bonds. The number of hydrogen-bond donors (Lipinski definition) is 1. The van der Waals surface area contributed by atoms with Gasteiger partial charge >= 0.3 is 12.3 Å². The quantitative estimate of drug-likeness (QED) is 0.663. The lowest BCUT2D eigenvalue weighted by atomic mass is 10.1. The number of halogens is 4. The van der Waals surface area contributed by atoms with Crippen LogP contribution in [0.5, 0.6) is 5.88 Å². The molecule has 3 rings (SSSR count). The molecule has 1 N–H and O–H groups in total. The topological polar surface area (TPSA) is 80.8 Å². The molecule has 0 bridgehead atoms. The molecule has 1 aliphatic rings. The number of hydrogen-bond acceptors (Lipinski definition) is 6. The Kier molecular flexibility index (Phi) is 6.55. The Morgan fingerprint density at radius 2 is 1.97 bits per heavy atom. The minimum absolute atomic E-state index is 0.0278. The monoisotopic (exact) mass is 477 g/mol. The molecule has 0 unspecified atom stereocenters. The van der Waals surface area contributed by atoms with Gasteiger partial charge in [0.25, 0.3) is 5.91 Å². The van der Waals surface area contributed by atoms with Crippen LogP contribution in [-0.2, 0) is 10.9 Å². The van der Waals surface area contributed by atoms with Gasteiger partial charge in [0.05, 0.1) is 27.9 Å². The summed E-state index contributed by atoms with van der Waals surface area (Å²) in [5, 5.41) is 3.64. The SMILES string of the molecule is CNC(=O)c1csc2c(C(F)(F)F)cc(O[C@@H]3CCN(C(=O)OC(C)(C)C)C[C@@H]3F)nc12. The molecule has 1 fully saturated rings. The fraction of sp³-hybridized carbons (Fsp3) is 0.550. The summed E-state index contributed by atoms with van der Waals surface area (Å²) < 4.78 is 66.1. The zero-order valence-corrected chi connectivity index (χ0v) is 18.7. The Labute approximate surface area is 185 Å². The van der Waals surface area contributed by atoms with E-state index in [0.29, 0.717) is 6.07 Å². The second-order valence-corrected chi connectivity index (χ2v) is 9.18. The van der Waals surface area contributed by atoms with Crippen LogP contribution in [-0.4, -0.2) is 59.9 Å². The average Bonchev–Trinajstić information content (AvgIpc) is 3.10. The van der Waals surface area contributed by atoms with Gasteiger partial charge in [-0.05, 0) is 20.8 Å². The Hall–Kier alpha value is -2.63. The van der Waals surface area contributed by atoms with E-state index in [-0.39, 0.29) is 35.3 Å². The summed E-state index contributed by atoms with van der Waals surface area (Å²) in [6.45, 7) is 4.84. The molecule has 1 aliphatic heterocycles. The van der Waals surface area contributed by atoms with Crippen molar-refractivity contribution in [2.45, 2.75) is 51.2 Å². The molecule has 32 heavy (non-hydrogen) atoms. The van der Waals surface area contributed by atoms with Crippen molar-refractivity contribution in [3.8, 4) is 5.88 Å². The molecule has 0 radical (unpaired) electrons. The van der Waals surface area contributed by atoms with Crippen molar-refractivity contribution in [3.05, 3.63) is 22.6 Å². The van der Waals surface area contributed by atoms with Gasteiger partial charge < -0.3 is 19.7 Å². The molecule has 176 valence electrons. The number of fused-ring (bicyclic) bond motifs is 1. The molecule has 2 atom stereocenters. The van der Waals surface area contributed by atoms with E-state index in [4.69, 9.17) is 9.47 Å². The van der Waals surface area contributed by atoms with Crippen LogP contribution in [0.2, 0.25) is 0 Å². The Bertz CT molecular complexity index is 1020. The fourth-order valence-electron chi connectivity index (χ4n) is 3.22. The number of alkyl halides is 4. The highest BCUT2D eigenvalue weighted by molar-refractivity contribution is 7.17. The maximum atomic E-state index is 14.7. The van der Waals surface area contributed by atoms with Crippen LogP contribution >= 0.6 is 11.3 Å². The molecule has 12 heteroatoms. The number of thiophene rings is 1. The van der Waals surface area contributed by atoms with Crippen LogP contribution in [0, 0.1) is 0 Å². The number of carbonyl (C=O) groups excluding carboxylic acids is 2. The number of ether oxygens (including phenoxy) is 2. The van der Waals surface area contributed by atoms with Gasteiger partial charge in [-0.3, -0.25) is 4.79 Å². The summed E-state index contributed by atoms with van der Waals surface area (Å²) in [5.41, 5.74) is -1.95. The van der Waals surface area contributed by atoms with Crippen molar-refractivity contribution in [2.24, 2.45) is 0 Å². The molecule has 7 nitrogen and oxygen atoms in total. The van der Waals surface area contributed by atoms with E-state index in [0.717, 1.165) is 11.3 Å². The van der Waals surface area contributed by atoms with Crippen LogP contribution in [0.1, 0.15) is 43.1 Å². The predicted octanol–water partition coefficient (Wildman–Crippen LogP) is 4.40. The Morgan fingerprint density at radius 1 is 1.28 bits per heavy atom. The van der Waals surface area contributed by atoms with Gasteiger partial charge in [0.1, 0.15) is 11.7 Å². The van der Waals surface area contributed by atoms with Crippen molar-refractivity contribution in [1.29, 1.82) is 0 Å². The van der Waals surface area contributed by atoms with Crippen molar-refractivity contribution in [3.63, 3.8) is 0 Å². The molecule has 0 aromatic carbocycles. The first-order valence-electron chi connectivity index (χ1n) is 9.80. The van der Waals surface area contributed by atoms with Gasteiger partial charge in [0.2, 0.25) is 5.88 Å². The van der Waals surface area contributed by atoms with Crippen LogP contribution in [0.15, 0.2) is 11.4 Å². The number of likely N-dealkylation sites (tertiary alicyclic amines) is 1. The second-order valence-electron chi connectivity index (χ2n) is 8.30. The standard InChI is InChI=1S/C20H23F4N3O4S/c1-19(2,3)31-18(29)27-6-5-13(12(21)8-27)30-14-7-11(20(22,23)24)16-15(26-14)10(9-32-16)17(28)25-4/h7,9,12-13H,5-6,8H2,1-4H3,(H,25,28)/t12-,13+/m0/s1. The number of amides is 2. The van der Waals surface area contributed by atoms with E-state index in [1.165, 1.54) is 17.3 Å². The maximum absolute atomic E-state index is 14.7. The van der Waals surface area contributed by atoms with E-state index in [2.05, 4.69) is 10.3 Å². The van der Waals surface area contributed by atoms with E-state index in [9.17, 15) is 27.2 Å². The van der Waals surface area contributed by atoms with Crippen molar-refractivity contribution in [1.82, 2.24) is 15.2 Å². The number of rotatable bonds is 3. The summed E-state index contributed by atoms with van der Waals surface area (Å²) >= 11 is 0.743. The molecule has 1 saturated heterocycles. The third kappa shape index (κ3) is 5.22. The highest BCUT2D eigenvalue weighted by Gasteiger charge is 2.38. The number of aromatic nitrogens is 1. The maximum Gasteiger partial charge on any atom is 0.418 e. The first-order valence-corrected chi connectivity index (χ1v) is 10.7. The molecule has 0 saturated carbocycles. The summed E-state index contributed by atoms with van der Waals surface area (Å²) in [4.78, 5) is 29.4. The van der Waals surface area contributed by atoms with Crippen molar-refractivity contribution in [2.75, 3.05) is 20.1 Å². The number of piperidine rings is 1. The van der Waals surface area contributed by atoms with Gasteiger partial charge in [-0.25, -0.2) is 14.2 Å². The minimum Gasteiger partial charge on any atom is -0.471 e. The van der Waals surface area contributed by atoms with Crippen molar-refractivity contribution < 1.29 is 36.6 Å². The highest BCUT2D eigenvalue weighted by atomic mass is 32.1. The number of nitrogens with zero attached hydrogens (tertiary/aromatic N) is 2. The summed E-state index contributed by atoms with van der Waals surface area (Å²) in [5.74, 6) is -1.03. The van der Waals surface area contributed by atoms with Gasteiger partial charge in [-0.15, -0.1) is 11.3 Å². The first-order chi connectivity index (χ1) is 14.8. The molecular weight excluding hydrogens is 454 g/mol. The zero-order valence-electron chi connectivity index (χ0n) is 17.9. The van der Waals surface area contributed by atoms with E-state index in [1.807, 2.05) is 0 Å². The largest absolute Gasteiger partial charge is 0.471 e. The smallest absolute Gasteiger partial charge is 0.418 e. The summed E-state index contributed by atoms with van der Waals surface area (Å²) in [6.07, 6.45) is -8.14. The first kappa shape index (κ1) is 24.0. The van der Waals surface area contributed by atoms with E-state index in [1.54, 1.807) is 20.8 Å². The molecule has 2 aromatic heterocycles. The van der Waals surface area contributed by atoms with Crippen LogP contribution in [0.3, 0.4) is 0 Å². The lowest BCUT2D eigenvalue weighted by molar-refractivity contribution is -0.136.